The Morgan fingerprint density at radius 2 is 1.94 bits per heavy atom. The van der Waals surface area contributed by atoms with Crippen molar-refractivity contribution in [2.45, 2.75) is 13.0 Å². The van der Waals surface area contributed by atoms with Gasteiger partial charge in [0, 0.05) is 22.6 Å². The van der Waals surface area contributed by atoms with Gasteiger partial charge in [0.05, 0.1) is 0 Å². The maximum absolute atomic E-state index is 11.9. The molecule has 0 bridgehead atoms. The minimum absolute atomic E-state index is 0.0156. The molecule has 0 aliphatic rings. The van der Waals surface area contributed by atoms with Crippen LogP contribution in [0.15, 0.2) is 40.9 Å². The fraction of sp³-hybridized carbons (Fsp3) is 0.214. The third kappa shape index (κ3) is 2.89. The molecule has 2 aromatic carbocycles. The highest BCUT2D eigenvalue weighted by Gasteiger charge is 2.09. The number of amides is 1. The predicted octanol–water partition coefficient (Wildman–Crippen LogP) is 2.68. The van der Waals surface area contributed by atoms with Crippen LogP contribution in [-0.4, -0.2) is 18.5 Å². The quantitative estimate of drug-likeness (QED) is 0.916. The van der Waals surface area contributed by atoms with Crippen LogP contribution >= 0.6 is 15.9 Å². The standard InChI is InChI=1S/C14H15BrN2O/c1-9(8-16)17-14(18)12-3-2-11-7-13(15)5-4-10(11)6-12/h2-7,9H,8,16H2,1H3,(H,17,18). The molecule has 0 aliphatic carbocycles. The van der Waals surface area contributed by atoms with E-state index in [-0.39, 0.29) is 11.9 Å². The summed E-state index contributed by atoms with van der Waals surface area (Å²) >= 11 is 3.43. The first kappa shape index (κ1) is 13.1. The fourth-order valence-corrected chi connectivity index (χ4v) is 2.10. The molecule has 0 heterocycles. The second kappa shape index (κ2) is 5.50. The molecular formula is C14H15BrN2O. The van der Waals surface area contributed by atoms with E-state index in [1.807, 2.05) is 43.3 Å². The summed E-state index contributed by atoms with van der Waals surface area (Å²) in [4.78, 5) is 11.9. The third-order valence-electron chi connectivity index (χ3n) is 2.80. The smallest absolute Gasteiger partial charge is 0.251 e. The highest BCUT2D eigenvalue weighted by atomic mass is 79.9. The van der Waals surface area contributed by atoms with E-state index in [0.717, 1.165) is 15.2 Å². The van der Waals surface area contributed by atoms with E-state index in [1.165, 1.54) is 0 Å². The van der Waals surface area contributed by atoms with E-state index in [2.05, 4.69) is 21.2 Å². The highest BCUT2D eigenvalue weighted by molar-refractivity contribution is 9.10. The van der Waals surface area contributed by atoms with Gasteiger partial charge in [0.2, 0.25) is 0 Å². The van der Waals surface area contributed by atoms with E-state index >= 15 is 0 Å². The first-order valence-electron chi connectivity index (χ1n) is 5.80. The molecule has 0 saturated carbocycles. The molecule has 1 atom stereocenters. The third-order valence-corrected chi connectivity index (χ3v) is 3.29. The van der Waals surface area contributed by atoms with Crippen molar-refractivity contribution < 1.29 is 4.79 Å². The van der Waals surface area contributed by atoms with Crippen LogP contribution < -0.4 is 11.1 Å². The summed E-state index contributed by atoms with van der Waals surface area (Å²) in [6, 6.07) is 11.6. The van der Waals surface area contributed by atoms with Crippen molar-refractivity contribution >= 4 is 32.6 Å². The fourth-order valence-electron chi connectivity index (χ4n) is 1.72. The Morgan fingerprint density at radius 1 is 1.28 bits per heavy atom. The van der Waals surface area contributed by atoms with Gasteiger partial charge in [0.15, 0.2) is 0 Å². The lowest BCUT2D eigenvalue weighted by molar-refractivity contribution is 0.0941. The van der Waals surface area contributed by atoms with Crippen molar-refractivity contribution in [2.24, 2.45) is 5.73 Å². The minimum atomic E-state index is -0.0854. The zero-order chi connectivity index (χ0) is 13.1. The van der Waals surface area contributed by atoms with E-state index in [9.17, 15) is 4.79 Å². The SMILES string of the molecule is CC(CN)NC(=O)c1ccc2cc(Br)ccc2c1. The maximum Gasteiger partial charge on any atom is 0.251 e. The monoisotopic (exact) mass is 306 g/mol. The summed E-state index contributed by atoms with van der Waals surface area (Å²) in [5.41, 5.74) is 6.14. The van der Waals surface area contributed by atoms with Gasteiger partial charge < -0.3 is 11.1 Å². The van der Waals surface area contributed by atoms with Crippen LogP contribution in [0.25, 0.3) is 10.8 Å². The highest BCUT2D eigenvalue weighted by Crippen LogP contribution is 2.20. The number of nitrogens with two attached hydrogens (primary N) is 1. The summed E-state index contributed by atoms with van der Waals surface area (Å²) in [6.45, 7) is 2.32. The lowest BCUT2D eigenvalue weighted by Gasteiger charge is -2.11. The molecule has 0 radical (unpaired) electrons. The summed E-state index contributed by atoms with van der Waals surface area (Å²) in [5.74, 6) is -0.0854. The van der Waals surface area contributed by atoms with Gasteiger partial charge in [-0.15, -0.1) is 0 Å². The van der Waals surface area contributed by atoms with Gasteiger partial charge in [-0.1, -0.05) is 28.1 Å². The summed E-state index contributed by atoms with van der Waals surface area (Å²) < 4.78 is 1.03. The van der Waals surface area contributed by atoms with Gasteiger partial charge in [0.1, 0.15) is 0 Å². The molecule has 18 heavy (non-hydrogen) atoms. The van der Waals surface area contributed by atoms with Crippen molar-refractivity contribution in [1.29, 1.82) is 0 Å². The van der Waals surface area contributed by atoms with Crippen LogP contribution in [0.2, 0.25) is 0 Å². The molecule has 2 aromatic rings. The Labute approximate surface area is 114 Å². The van der Waals surface area contributed by atoms with Crippen molar-refractivity contribution in [1.82, 2.24) is 5.32 Å². The van der Waals surface area contributed by atoms with Gasteiger partial charge in [-0.3, -0.25) is 4.79 Å². The molecule has 3 N–H and O–H groups in total. The zero-order valence-corrected chi connectivity index (χ0v) is 11.7. The van der Waals surface area contributed by atoms with Crippen LogP contribution in [0.1, 0.15) is 17.3 Å². The lowest BCUT2D eigenvalue weighted by Crippen LogP contribution is -2.37. The molecule has 0 aromatic heterocycles. The Balaban J connectivity index is 2.30. The summed E-state index contributed by atoms with van der Waals surface area (Å²) in [6.07, 6.45) is 0. The van der Waals surface area contributed by atoms with Gasteiger partial charge >= 0.3 is 0 Å². The number of rotatable bonds is 3. The van der Waals surface area contributed by atoms with Crippen molar-refractivity contribution in [3.63, 3.8) is 0 Å². The van der Waals surface area contributed by atoms with Crippen LogP contribution in [0.4, 0.5) is 0 Å². The van der Waals surface area contributed by atoms with Gasteiger partial charge in [-0.05, 0) is 42.0 Å². The number of hydrogen-bond donors (Lipinski definition) is 2. The first-order chi connectivity index (χ1) is 8.60. The van der Waals surface area contributed by atoms with Crippen LogP contribution in [0.3, 0.4) is 0 Å². The second-order valence-electron chi connectivity index (χ2n) is 4.32. The number of benzene rings is 2. The van der Waals surface area contributed by atoms with Crippen molar-refractivity contribution in [3.8, 4) is 0 Å². The van der Waals surface area contributed by atoms with E-state index in [4.69, 9.17) is 5.73 Å². The normalized spacial score (nSPS) is 12.4. The number of fused-ring (bicyclic) bond motifs is 1. The molecule has 0 fully saturated rings. The predicted molar refractivity (Wildman–Crippen MR) is 77.6 cm³/mol. The summed E-state index contributed by atoms with van der Waals surface area (Å²) in [5, 5.41) is 5.00. The number of hydrogen-bond acceptors (Lipinski definition) is 2. The zero-order valence-electron chi connectivity index (χ0n) is 10.1. The van der Waals surface area contributed by atoms with Gasteiger partial charge in [-0.2, -0.15) is 0 Å². The van der Waals surface area contributed by atoms with Gasteiger partial charge in [0.25, 0.3) is 5.91 Å². The Kier molecular flexibility index (Phi) is 3.99. The van der Waals surface area contributed by atoms with Gasteiger partial charge in [-0.25, -0.2) is 0 Å². The molecule has 2 rings (SSSR count). The topological polar surface area (TPSA) is 55.1 Å². The van der Waals surface area contributed by atoms with Crippen LogP contribution in [0, 0.1) is 0 Å². The Hall–Kier alpha value is -1.39. The van der Waals surface area contributed by atoms with E-state index < -0.39 is 0 Å². The molecule has 0 aliphatic heterocycles. The molecule has 0 spiro atoms. The number of carbonyl (C=O) groups excluding carboxylic acids is 1. The lowest BCUT2D eigenvalue weighted by atomic mass is 10.1. The van der Waals surface area contributed by atoms with Crippen molar-refractivity contribution in [2.75, 3.05) is 6.54 Å². The van der Waals surface area contributed by atoms with E-state index in [0.29, 0.717) is 12.1 Å². The average molecular weight is 307 g/mol. The number of halogens is 1. The molecule has 94 valence electrons. The molecule has 1 amide bonds. The Morgan fingerprint density at radius 3 is 2.67 bits per heavy atom. The first-order valence-corrected chi connectivity index (χ1v) is 6.59. The maximum atomic E-state index is 11.9. The van der Waals surface area contributed by atoms with E-state index in [1.54, 1.807) is 0 Å². The number of nitrogens with one attached hydrogen (secondary N) is 1. The largest absolute Gasteiger partial charge is 0.348 e. The second-order valence-corrected chi connectivity index (χ2v) is 5.23. The Bertz CT molecular complexity index is 583. The number of carbonyl (C=O) groups is 1. The van der Waals surface area contributed by atoms with Crippen LogP contribution in [-0.2, 0) is 0 Å². The minimum Gasteiger partial charge on any atom is -0.348 e. The molecule has 0 saturated heterocycles. The summed E-state index contributed by atoms with van der Waals surface area (Å²) in [7, 11) is 0. The van der Waals surface area contributed by atoms with Crippen molar-refractivity contribution in [3.05, 3.63) is 46.4 Å². The average Bonchev–Trinajstić information content (AvgIpc) is 2.37. The molecule has 3 nitrogen and oxygen atoms in total. The molecule has 4 heteroatoms. The molecule has 1 unspecified atom stereocenters. The molecular weight excluding hydrogens is 292 g/mol. The van der Waals surface area contributed by atoms with Crippen LogP contribution in [0.5, 0.6) is 0 Å².